The SMILES string of the molecule is CCOc1ccc(C(=O)CCC(=O)N2CCN(c3ccccn3)CC2)cc1. The molecule has 0 N–H and O–H groups in total. The molecule has 0 saturated carbocycles. The van der Waals surface area contributed by atoms with Crippen molar-refractivity contribution in [2.75, 3.05) is 37.7 Å². The molecule has 0 atom stereocenters. The molecule has 1 aliphatic rings. The summed E-state index contributed by atoms with van der Waals surface area (Å²) in [6.07, 6.45) is 2.25. The maximum Gasteiger partial charge on any atom is 0.223 e. The maximum absolute atomic E-state index is 12.4. The number of hydrogen-bond acceptors (Lipinski definition) is 5. The fourth-order valence-electron chi connectivity index (χ4n) is 3.15. The minimum atomic E-state index is -0.0153. The number of anilines is 1. The summed E-state index contributed by atoms with van der Waals surface area (Å²) in [5.74, 6) is 1.71. The molecule has 3 rings (SSSR count). The molecule has 0 bridgehead atoms. The van der Waals surface area contributed by atoms with Gasteiger partial charge < -0.3 is 14.5 Å². The van der Waals surface area contributed by atoms with Crippen LogP contribution in [0.1, 0.15) is 30.1 Å². The molecule has 6 heteroatoms. The smallest absolute Gasteiger partial charge is 0.223 e. The number of pyridine rings is 1. The van der Waals surface area contributed by atoms with Gasteiger partial charge in [0.1, 0.15) is 11.6 Å². The van der Waals surface area contributed by atoms with E-state index in [2.05, 4.69) is 9.88 Å². The molecule has 2 aromatic rings. The lowest BCUT2D eigenvalue weighted by molar-refractivity contribution is -0.131. The van der Waals surface area contributed by atoms with Crippen LogP contribution in [0.4, 0.5) is 5.82 Å². The zero-order valence-corrected chi connectivity index (χ0v) is 15.6. The van der Waals surface area contributed by atoms with Crippen molar-refractivity contribution in [2.45, 2.75) is 19.8 Å². The number of rotatable bonds is 7. The molecule has 2 heterocycles. The molecule has 1 aromatic carbocycles. The third-order valence-electron chi connectivity index (χ3n) is 4.66. The van der Waals surface area contributed by atoms with E-state index in [-0.39, 0.29) is 24.5 Å². The lowest BCUT2D eigenvalue weighted by atomic mass is 10.1. The molecule has 0 spiro atoms. The summed E-state index contributed by atoms with van der Waals surface area (Å²) in [6.45, 7) is 5.35. The number of nitrogens with zero attached hydrogens (tertiary/aromatic N) is 3. The Bertz CT molecular complexity index is 754. The normalized spacial score (nSPS) is 14.1. The van der Waals surface area contributed by atoms with E-state index in [1.165, 1.54) is 0 Å². The zero-order chi connectivity index (χ0) is 19.1. The zero-order valence-electron chi connectivity index (χ0n) is 15.6. The van der Waals surface area contributed by atoms with E-state index in [9.17, 15) is 9.59 Å². The van der Waals surface area contributed by atoms with Crippen LogP contribution in [0.3, 0.4) is 0 Å². The van der Waals surface area contributed by atoms with E-state index in [0.29, 0.717) is 25.3 Å². The Balaban J connectivity index is 1.45. The minimum Gasteiger partial charge on any atom is -0.494 e. The van der Waals surface area contributed by atoms with Crippen molar-refractivity contribution >= 4 is 17.5 Å². The number of ketones is 1. The van der Waals surface area contributed by atoms with Gasteiger partial charge in [-0.3, -0.25) is 9.59 Å². The van der Waals surface area contributed by atoms with Crippen molar-refractivity contribution in [2.24, 2.45) is 0 Å². The van der Waals surface area contributed by atoms with Crippen LogP contribution in [0.5, 0.6) is 5.75 Å². The largest absolute Gasteiger partial charge is 0.494 e. The Labute approximate surface area is 159 Å². The van der Waals surface area contributed by atoms with Gasteiger partial charge in [0.05, 0.1) is 6.61 Å². The lowest BCUT2D eigenvalue weighted by Gasteiger charge is -2.35. The van der Waals surface area contributed by atoms with Crippen LogP contribution in [-0.4, -0.2) is 54.4 Å². The van der Waals surface area contributed by atoms with Gasteiger partial charge in [0.25, 0.3) is 0 Å². The number of Topliss-reactive ketones (excluding diaryl/α,β-unsaturated/α-hetero) is 1. The van der Waals surface area contributed by atoms with Crippen LogP contribution in [0.15, 0.2) is 48.7 Å². The van der Waals surface area contributed by atoms with Gasteiger partial charge in [-0.25, -0.2) is 4.98 Å². The van der Waals surface area contributed by atoms with E-state index in [1.54, 1.807) is 30.5 Å². The molecule has 6 nitrogen and oxygen atoms in total. The average Bonchev–Trinajstić information content (AvgIpc) is 2.73. The van der Waals surface area contributed by atoms with E-state index in [4.69, 9.17) is 4.74 Å². The van der Waals surface area contributed by atoms with Crippen LogP contribution in [-0.2, 0) is 4.79 Å². The third kappa shape index (κ3) is 5.06. The molecule has 1 aromatic heterocycles. The Morgan fingerprint density at radius 1 is 1.00 bits per heavy atom. The van der Waals surface area contributed by atoms with Gasteiger partial charge in [0.2, 0.25) is 5.91 Å². The predicted molar refractivity (Wildman–Crippen MR) is 104 cm³/mol. The van der Waals surface area contributed by atoms with E-state index < -0.39 is 0 Å². The second kappa shape index (κ2) is 9.16. The van der Waals surface area contributed by atoms with Crippen LogP contribution < -0.4 is 9.64 Å². The van der Waals surface area contributed by atoms with Crippen molar-refractivity contribution in [1.29, 1.82) is 0 Å². The molecule has 142 valence electrons. The van der Waals surface area contributed by atoms with Crippen LogP contribution in [0.2, 0.25) is 0 Å². The number of amides is 1. The van der Waals surface area contributed by atoms with Crippen molar-refractivity contribution in [3.8, 4) is 5.75 Å². The first-order valence-corrected chi connectivity index (χ1v) is 9.37. The van der Waals surface area contributed by atoms with Gasteiger partial charge >= 0.3 is 0 Å². The topological polar surface area (TPSA) is 62.7 Å². The summed E-state index contributed by atoms with van der Waals surface area (Å²) >= 11 is 0. The highest BCUT2D eigenvalue weighted by Crippen LogP contribution is 2.16. The number of carbonyl (C=O) groups excluding carboxylic acids is 2. The van der Waals surface area contributed by atoms with Gasteiger partial charge in [-0.2, -0.15) is 0 Å². The molecule has 0 unspecified atom stereocenters. The number of hydrogen-bond donors (Lipinski definition) is 0. The first-order chi connectivity index (χ1) is 13.2. The van der Waals surface area contributed by atoms with Crippen LogP contribution >= 0.6 is 0 Å². The number of piperazine rings is 1. The fourth-order valence-corrected chi connectivity index (χ4v) is 3.15. The molecule has 1 amide bonds. The van der Waals surface area contributed by atoms with Gasteiger partial charge in [-0.15, -0.1) is 0 Å². The van der Waals surface area contributed by atoms with Crippen LogP contribution in [0.25, 0.3) is 0 Å². The molecule has 0 radical (unpaired) electrons. The summed E-state index contributed by atoms with van der Waals surface area (Å²) < 4.78 is 5.38. The maximum atomic E-state index is 12.4. The highest BCUT2D eigenvalue weighted by atomic mass is 16.5. The summed E-state index contributed by atoms with van der Waals surface area (Å²) in [4.78, 5) is 33.1. The number of carbonyl (C=O) groups is 2. The number of ether oxygens (including phenoxy) is 1. The number of aromatic nitrogens is 1. The first-order valence-electron chi connectivity index (χ1n) is 9.37. The van der Waals surface area contributed by atoms with Gasteiger partial charge in [-0.05, 0) is 43.3 Å². The molecule has 0 aliphatic carbocycles. The predicted octanol–water partition coefficient (Wildman–Crippen LogP) is 2.79. The second-order valence-corrected chi connectivity index (χ2v) is 6.44. The monoisotopic (exact) mass is 367 g/mol. The van der Waals surface area contributed by atoms with Crippen molar-refractivity contribution < 1.29 is 14.3 Å². The van der Waals surface area contributed by atoms with Gasteiger partial charge in [0.15, 0.2) is 5.78 Å². The lowest BCUT2D eigenvalue weighted by Crippen LogP contribution is -2.49. The Morgan fingerprint density at radius 2 is 1.74 bits per heavy atom. The quantitative estimate of drug-likeness (QED) is 0.704. The Morgan fingerprint density at radius 3 is 2.37 bits per heavy atom. The first kappa shape index (κ1) is 18.9. The fraction of sp³-hybridized carbons (Fsp3) is 0.381. The average molecular weight is 367 g/mol. The molecular weight excluding hydrogens is 342 g/mol. The van der Waals surface area contributed by atoms with Crippen molar-refractivity contribution in [3.05, 3.63) is 54.2 Å². The van der Waals surface area contributed by atoms with E-state index >= 15 is 0 Å². The summed E-state index contributed by atoms with van der Waals surface area (Å²) in [5.41, 5.74) is 0.617. The molecule has 1 saturated heterocycles. The standard InChI is InChI=1S/C21H25N3O3/c1-2-27-18-8-6-17(7-9-18)19(25)10-11-21(26)24-15-13-23(14-16-24)20-5-3-4-12-22-20/h3-9,12H,2,10-11,13-16H2,1H3. The highest BCUT2D eigenvalue weighted by molar-refractivity contribution is 5.98. The van der Waals surface area contributed by atoms with Gasteiger partial charge in [-0.1, -0.05) is 6.07 Å². The van der Waals surface area contributed by atoms with Crippen molar-refractivity contribution in [3.63, 3.8) is 0 Å². The van der Waals surface area contributed by atoms with E-state index in [1.807, 2.05) is 30.0 Å². The highest BCUT2D eigenvalue weighted by Gasteiger charge is 2.22. The second-order valence-electron chi connectivity index (χ2n) is 6.44. The molecule has 1 fully saturated rings. The summed E-state index contributed by atoms with van der Waals surface area (Å²) in [7, 11) is 0. The van der Waals surface area contributed by atoms with Crippen LogP contribution in [0, 0.1) is 0 Å². The summed E-state index contributed by atoms with van der Waals surface area (Å²) in [6, 6.07) is 12.9. The molecular formula is C21H25N3O3. The van der Waals surface area contributed by atoms with Crippen molar-refractivity contribution in [1.82, 2.24) is 9.88 Å². The van der Waals surface area contributed by atoms with Gasteiger partial charge in [0, 0.05) is 50.8 Å². The number of benzene rings is 1. The molecule has 1 aliphatic heterocycles. The Kier molecular flexibility index (Phi) is 6.41. The Hall–Kier alpha value is -2.89. The minimum absolute atomic E-state index is 0.0153. The van der Waals surface area contributed by atoms with E-state index in [0.717, 1.165) is 24.7 Å². The summed E-state index contributed by atoms with van der Waals surface area (Å²) in [5, 5.41) is 0. The molecule has 27 heavy (non-hydrogen) atoms. The third-order valence-corrected chi connectivity index (χ3v) is 4.66.